The predicted octanol–water partition coefficient (Wildman–Crippen LogP) is 1.46. The Morgan fingerprint density at radius 1 is 1.62 bits per heavy atom. The first kappa shape index (κ1) is 10.5. The molecule has 0 aliphatic heterocycles. The van der Waals surface area contributed by atoms with Crippen LogP contribution in [0.15, 0.2) is 0 Å². The molecule has 76 valence electrons. The second kappa shape index (κ2) is 4.09. The van der Waals surface area contributed by atoms with Gasteiger partial charge in [0.2, 0.25) is 0 Å². The normalized spacial score (nSPS) is 34.2. The summed E-state index contributed by atoms with van der Waals surface area (Å²) in [6, 6.07) is -0.0151. The smallest absolute Gasteiger partial charge is 0.313 e. The van der Waals surface area contributed by atoms with Crippen molar-refractivity contribution in [3.63, 3.8) is 0 Å². The first-order valence-electron chi connectivity index (χ1n) is 5.01. The van der Waals surface area contributed by atoms with Crippen LogP contribution in [0.4, 0.5) is 0 Å². The third kappa shape index (κ3) is 1.70. The lowest BCUT2D eigenvalue weighted by atomic mass is 9.69. The molecule has 3 nitrogen and oxygen atoms in total. The molecule has 0 unspecified atom stereocenters. The highest BCUT2D eigenvalue weighted by Gasteiger charge is 2.44. The van der Waals surface area contributed by atoms with E-state index in [0.29, 0.717) is 0 Å². The standard InChI is InChI=1S/C10H19NO2/c1-3-10(9(12)13-2)7-5-4-6-8(10)11/h8H,3-7,11H2,1-2H3/t8-,10-/m1/s1. The molecule has 0 bridgehead atoms. The van der Waals surface area contributed by atoms with Crippen LogP contribution in [0.25, 0.3) is 0 Å². The molecule has 1 aliphatic carbocycles. The van der Waals surface area contributed by atoms with Crippen LogP contribution < -0.4 is 5.73 Å². The van der Waals surface area contributed by atoms with Gasteiger partial charge in [0.25, 0.3) is 0 Å². The molecule has 0 heterocycles. The first-order chi connectivity index (χ1) is 6.17. The fourth-order valence-electron chi connectivity index (χ4n) is 2.31. The second-order valence-electron chi connectivity index (χ2n) is 3.85. The summed E-state index contributed by atoms with van der Waals surface area (Å²) in [4.78, 5) is 11.6. The Labute approximate surface area is 79.6 Å². The second-order valence-corrected chi connectivity index (χ2v) is 3.85. The van der Waals surface area contributed by atoms with Gasteiger partial charge in [-0.3, -0.25) is 4.79 Å². The Balaban J connectivity index is 2.82. The predicted molar refractivity (Wildman–Crippen MR) is 51.2 cm³/mol. The third-order valence-corrected chi connectivity index (χ3v) is 3.32. The monoisotopic (exact) mass is 185 g/mol. The van der Waals surface area contributed by atoms with Crippen molar-refractivity contribution in [1.82, 2.24) is 0 Å². The summed E-state index contributed by atoms with van der Waals surface area (Å²) in [6.07, 6.45) is 4.86. The molecule has 2 atom stereocenters. The van der Waals surface area contributed by atoms with Gasteiger partial charge in [-0.25, -0.2) is 0 Å². The number of carbonyl (C=O) groups is 1. The molecule has 2 N–H and O–H groups in total. The summed E-state index contributed by atoms with van der Waals surface area (Å²) < 4.78 is 4.84. The van der Waals surface area contributed by atoms with Crippen LogP contribution in [-0.4, -0.2) is 19.1 Å². The Bertz CT molecular complexity index is 193. The zero-order valence-electron chi connectivity index (χ0n) is 8.51. The van der Waals surface area contributed by atoms with Crippen molar-refractivity contribution in [2.75, 3.05) is 7.11 Å². The highest BCUT2D eigenvalue weighted by Crippen LogP contribution is 2.39. The van der Waals surface area contributed by atoms with Crippen LogP contribution in [0.1, 0.15) is 39.0 Å². The maximum Gasteiger partial charge on any atom is 0.313 e. The lowest BCUT2D eigenvalue weighted by Gasteiger charge is -2.38. The molecular formula is C10H19NO2. The fraction of sp³-hybridized carbons (Fsp3) is 0.900. The minimum Gasteiger partial charge on any atom is -0.469 e. The van der Waals surface area contributed by atoms with Crippen molar-refractivity contribution in [3.8, 4) is 0 Å². The topological polar surface area (TPSA) is 52.3 Å². The number of hydrogen-bond donors (Lipinski definition) is 1. The van der Waals surface area contributed by atoms with E-state index in [9.17, 15) is 4.79 Å². The van der Waals surface area contributed by atoms with E-state index in [1.165, 1.54) is 7.11 Å². The number of rotatable bonds is 2. The Morgan fingerprint density at radius 2 is 2.31 bits per heavy atom. The average molecular weight is 185 g/mol. The molecule has 1 fully saturated rings. The molecule has 1 saturated carbocycles. The molecule has 1 aliphatic rings. The van der Waals surface area contributed by atoms with Gasteiger partial charge in [-0.2, -0.15) is 0 Å². The van der Waals surface area contributed by atoms with E-state index in [1.54, 1.807) is 0 Å². The molecule has 0 aromatic carbocycles. The van der Waals surface area contributed by atoms with E-state index in [-0.39, 0.29) is 12.0 Å². The zero-order chi connectivity index (χ0) is 9.90. The zero-order valence-corrected chi connectivity index (χ0v) is 8.51. The molecule has 0 spiro atoms. The summed E-state index contributed by atoms with van der Waals surface area (Å²) in [5.41, 5.74) is 5.60. The van der Waals surface area contributed by atoms with Crippen LogP contribution in [0, 0.1) is 5.41 Å². The Morgan fingerprint density at radius 3 is 2.77 bits per heavy atom. The molecule has 0 amide bonds. The maximum atomic E-state index is 11.6. The van der Waals surface area contributed by atoms with Gasteiger partial charge in [0.05, 0.1) is 12.5 Å². The van der Waals surface area contributed by atoms with Gasteiger partial charge in [-0.05, 0) is 19.3 Å². The number of esters is 1. The maximum absolute atomic E-state index is 11.6. The lowest BCUT2D eigenvalue weighted by molar-refractivity contribution is -0.156. The van der Waals surface area contributed by atoms with Crippen molar-refractivity contribution in [1.29, 1.82) is 0 Å². The van der Waals surface area contributed by atoms with Crippen LogP contribution in [0.5, 0.6) is 0 Å². The summed E-state index contributed by atoms with van der Waals surface area (Å²) in [7, 11) is 1.45. The van der Waals surface area contributed by atoms with Crippen molar-refractivity contribution in [3.05, 3.63) is 0 Å². The van der Waals surface area contributed by atoms with E-state index in [2.05, 4.69) is 0 Å². The highest BCUT2D eigenvalue weighted by atomic mass is 16.5. The largest absolute Gasteiger partial charge is 0.469 e. The van der Waals surface area contributed by atoms with Crippen LogP contribution in [-0.2, 0) is 9.53 Å². The van der Waals surface area contributed by atoms with E-state index in [4.69, 9.17) is 10.5 Å². The number of hydrogen-bond acceptors (Lipinski definition) is 3. The lowest BCUT2D eigenvalue weighted by Crippen LogP contribution is -2.49. The number of ether oxygens (including phenoxy) is 1. The highest BCUT2D eigenvalue weighted by molar-refractivity contribution is 5.77. The van der Waals surface area contributed by atoms with Gasteiger partial charge < -0.3 is 10.5 Å². The third-order valence-electron chi connectivity index (χ3n) is 3.32. The molecule has 1 rings (SSSR count). The fourth-order valence-corrected chi connectivity index (χ4v) is 2.31. The molecule has 13 heavy (non-hydrogen) atoms. The Kier molecular flexibility index (Phi) is 3.31. The van der Waals surface area contributed by atoms with Crippen molar-refractivity contribution >= 4 is 5.97 Å². The SMILES string of the molecule is CC[C@@]1(C(=O)OC)CCCC[C@H]1N. The van der Waals surface area contributed by atoms with Crippen LogP contribution in [0.3, 0.4) is 0 Å². The minimum absolute atomic E-state index is 0.0151. The number of nitrogens with two attached hydrogens (primary N) is 1. The van der Waals surface area contributed by atoms with Crippen molar-refractivity contribution in [2.45, 2.75) is 45.1 Å². The minimum atomic E-state index is -0.396. The molecule has 3 heteroatoms. The van der Waals surface area contributed by atoms with E-state index >= 15 is 0 Å². The van der Waals surface area contributed by atoms with E-state index < -0.39 is 5.41 Å². The van der Waals surface area contributed by atoms with Gasteiger partial charge in [0.1, 0.15) is 0 Å². The van der Waals surface area contributed by atoms with Crippen molar-refractivity contribution < 1.29 is 9.53 Å². The molecule has 0 saturated heterocycles. The molecule has 0 aromatic rings. The Hall–Kier alpha value is -0.570. The molecular weight excluding hydrogens is 166 g/mol. The summed E-state index contributed by atoms with van der Waals surface area (Å²) >= 11 is 0. The number of methoxy groups -OCH3 is 1. The average Bonchev–Trinajstić information content (AvgIpc) is 2.18. The van der Waals surface area contributed by atoms with Gasteiger partial charge in [-0.15, -0.1) is 0 Å². The van der Waals surface area contributed by atoms with Gasteiger partial charge in [-0.1, -0.05) is 19.8 Å². The molecule has 0 radical (unpaired) electrons. The number of carbonyl (C=O) groups excluding carboxylic acids is 1. The first-order valence-corrected chi connectivity index (χ1v) is 5.01. The van der Waals surface area contributed by atoms with Crippen LogP contribution in [0.2, 0.25) is 0 Å². The molecule has 0 aromatic heterocycles. The summed E-state index contributed by atoms with van der Waals surface area (Å²) in [5, 5.41) is 0. The van der Waals surface area contributed by atoms with E-state index in [0.717, 1.165) is 32.1 Å². The van der Waals surface area contributed by atoms with Crippen LogP contribution >= 0.6 is 0 Å². The van der Waals surface area contributed by atoms with Gasteiger partial charge in [0.15, 0.2) is 0 Å². The summed E-state index contributed by atoms with van der Waals surface area (Å²) in [5.74, 6) is -0.123. The summed E-state index contributed by atoms with van der Waals surface area (Å²) in [6.45, 7) is 2.02. The van der Waals surface area contributed by atoms with Crippen molar-refractivity contribution in [2.24, 2.45) is 11.1 Å². The van der Waals surface area contributed by atoms with Gasteiger partial charge >= 0.3 is 5.97 Å². The van der Waals surface area contributed by atoms with E-state index in [1.807, 2.05) is 6.92 Å². The van der Waals surface area contributed by atoms with Gasteiger partial charge in [0, 0.05) is 6.04 Å². The quantitative estimate of drug-likeness (QED) is 0.662.